The van der Waals surface area contributed by atoms with Gasteiger partial charge in [-0.15, -0.1) is 0 Å². The Morgan fingerprint density at radius 2 is 1.57 bits per heavy atom. The molecule has 2 nitrogen and oxygen atoms in total. The van der Waals surface area contributed by atoms with Gasteiger partial charge in [-0.25, -0.2) is 0 Å². The predicted octanol–water partition coefficient (Wildman–Crippen LogP) is 3.77. The van der Waals surface area contributed by atoms with E-state index in [9.17, 15) is 0 Å². The van der Waals surface area contributed by atoms with E-state index in [1.807, 2.05) is 0 Å². The van der Waals surface area contributed by atoms with Crippen molar-refractivity contribution in [2.24, 2.45) is 5.41 Å². The van der Waals surface area contributed by atoms with E-state index < -0.39 is 0 Å². The van der Waals surface area contributed by atoms with Crippen LogP contribution in [0.25, 0.3) is 0 Å². The second-order valence-corrected chi connectivity index (χ2v) is 8.10. The lowest BCUT2D eigenvalue weighted by atomic mass is 9.77. The Labute approximate surface area is 130 Å². The van der Waals surface area contributed by atoms with Gasteiger partial charge in [-0.1, -0.05) is 30.3 Å². The molecule has 2 aliphatic rings. The summed E-state index contributed by atoms with van der Waals surface area (Å²) in [5.74, 6) is 0. The maximum atomic E-state index is 2.67. The van der Waals surface area contributed by atoms with Gasteiger partial charge in [-0.05, 0) is 70.6 Å². The Balaban J connectivity index is 1.55. The van der Waals surface area contributed by atoms with Crippen LogP contribution in [-0.2, 0) is 6.54 Å². The maximum Gasteiger partial charge on any atom is 0.0233 e. The molecule has 0 aliphatic carbocycles. The predicted molar refractivity (Wildman–Crippen MR) is 89.3 cm³/mol. The van der Waals surface area contributed by atoms with Crippen molar-refractivity contribution in [1.29, 1.82) is 0 Å². The minimum absolute atomic E-state index is 0.337. The highest BCUT2D eigenvalue weighted by molar-refractivity contribution is 5.15. The van der Waals surface area contributed by atoms with E-state index in [1.54, 1.807) is 0 Å². The smallest absolute Gasteiger partial charge is 0.0233 e. The van der Waals surface area contributed by atoms with E-state index in [2.05, 4.69) is 60.9 Å². The molecular formula is C19H30N2. The summed E-state index contributed by atoms with van der Waals surface area (Å²) < 4.78 is 0. The first-order valence-corrected chi connectivity index (χ1v) is 8.48. The average molecular weight is 286 g/mol. The molecule has 0 bridgehead atoms. The molecular weight excluding hydrogens is 256 g/mol. The van der Waals surface area contributed by atoms with Gasteiger partial charge >= 0.3 is 0 Å². The monoisotopic (exact) mass is 286 g/mol. The van der Waals surface area contributed by atoms with Crippen LogP contribution in [0.3, 0.4) is 0 Å². The van der Waals surface area contributed by atoms with Gasteiger partial charge in [0, 0.05) is 18.6 Å². The largest absolute Gasteiger partial charge is 0.299 e. The number of likely N-dealkylation sites (tertiary alicyclic amines) is 2. The lowest BCUT2D eigenvalue weighted by Crippen LogP contribution is -2.49. The molecule has 1 aromatic carbocycles. The SMILES string of the molecule is CC(C)(C)N1CCC2(CCN(Cc3ccccc3)C2)CC1. The minimum atomic E-state index is 0.337. The fourth-order valence-corrected chi connectivity index (χ4v) is 4.06. The second-order valence-electron chi connectivity index (χ2n) is 8.10. The number of nitrogens with zero attached hydrogens (tertiary/aromatic N) is 2. The third-order valence-electron chi connectivity index (χ3n) is 5.54. The number of hydrogen-bond acceptors (Lipinski definition) is 2. The fourth-order valence-electron chi connectivity index (χ4n) is 4.06. The summed E-state index contributed by atoms with van der Waals surface area (Å²) in [5.41, 5.74) is 2.40. The maximum absolute atomic E-state index is 2.67. The number of benzene rings is 1. The zero-order valence-electron chi connectivity index (χ0n) is 13.9. The summed E-state index contributed by atoms with van der Waals surface area (Å²) in [6.45, 7) is 13.3. The molecule has 2 aliphatic heterocycles. The summed E-state index contributed by atoms with van der Waals surface area (Å²) >= 11 is 0. The molecule has 21 heavy (non-hydrogen) atoms. The fraction of sp³-hybridized carbons (Fsp3) is 0.684. The highest BCUT2D eigenvalue weighted by Crippen LogP contribution is 2.41. The van der Waals surface area contributed by atoms with Crippen molar-refractivity contribution >= 4 is 0 Å². The Morgan fingerprint density at radius 1 is 0.952 bits per heavy atom. The van der Waals surface area contributed by atoms with Crippen LogP contribution < -0.4 is 0 Å². The second kappa shape index (κ2) is 5.73. The highest BCUT2D eigenvalue weighted by Gasteiger charge is 2.41. The van der Waals surface area contributed by atoms with Gasteiger partial charge in [0.2, 0.25) is 0 Å². The molecule has 0 radical (unpaired) electrons. The molecule has 2 heterocycles. The van der Waals surface area contributed by atoms with Crippen LogP contribution in [0.5, 0.6) is 0 Å². The summed E-state index contributed by atoms with van der Waals surface area (Å²) in [6.07, 6.45) is 4.17. The van der Waals surface area contributed by atoms with Crippen molar-refractivity contribution in [1.82, 2.24) is 9.80 Å². The molecule has 0 N–H and O–H groups in total. The van der Waals surface area contributed by atoms with Crippen molar-refractivity contribution < 1.29 is 0 Å². The van der Waals surface area contributed by atoms with Gasteiger partial charge in [0.1, 0.15) is 0 Å². The minimum Gasteiger partial charge on any atom is -0.299 e. The van der Waals surface area contributed by atoms with E-state index in [0.717, 1.165) is 6.54 Å². The molecule has 2 fully saturated rings. The standard InChI is InChI=1S/C19H30N2/c1-18(2,3)21-13-10-19(11-14-21)9-12-20(16-19)15-17-7-5-4-6-8-17/h4-8H,9-16H2,1-3H3. The van der Waals surface area contributed by atoms with Crippen molar-refractivity contribution in [3.8, 4) is 0 Å². The van der Waals surface area contributed by atoms with Gasteiger partial charge in [0.15, 0.2) is 0 Å². The molecule has 116 valence electrons. The van der Waals surface area contributed by atoms with Gasteiger partial charge in [0.25, 0.3) is 0 Å². The third kappa shape index (κ3) is 3.49. The van der Waals surface area contributed by atoms with Crippen LogP contribution in [0.15, 0.2) is 30.3 Å². The van der Waals surface area contributed by atoms with Crippen molar-refractivity contribution in [3.05, 3.63) is 35.9 Å². The Kier molecular flexibility index (Phi) is 4.11. The van der Waals surface area contributed by atoms with Crippen LogP contribution in [-0.4, -0.2) is 41.5 Å². The van der Waals surface area contributed by atoms with Crippen molar-refractivity contribution in [3.63, 3.8) is 0 Å². The molecule has 3 rings (SSSR count). The molecule has 1 aromatic rings. The number of piperidine rings is 1. The summed E-state index contributed by atoms with van der Waals surface area (Å²) in [6, 6.07) is 10.9. The molecule has 0 atom stereocenters. The topological polar surface area (TPSA) is 6.48 Å². The van der Waals surface area contributed by atoms with Crippen LogP contribution in [0.1, 0.15) is 45.6 Å². The number of hydrogen-bond donors (Lipinski definition) is 0. The molecule has 1 spiro atoms. The van der Waals surface area contributed by atoms with Crippen LogP contribution in [0, 0.1) is 5.41 Å². The summed E-state index contributed by atoms with van der Waals surface area (Å²) in [7, 11) is 0. The average Bonchev–Trinajstić information content (AvgIpc) is 2.82. The van der Waals surface area contributed by atoms with Crippen LogP contribution in [0.4, 0.5) is 0 Å². The van der Waals surface area contributed by atoms with Crippen molar-refractivity contribution in [2.45, 2.75) is 52.1 Å². The van der Waals surface area contributed by atoms with E-state index >= 15 is 0 Å². The molecule has 0 aromatic heterocycles. The van der Waals surface area contributed by atoms with E-state index in [4.69, 9.17) is 0 Å². The first-order chi connectivity index (χ1) is 9.97. The molecule has 0 amide bonds. The Morgan fingerprint density at radius 3 is 2.19 bits per heavy atom. The molecule has 2 saturated heterocycles. The molecule has 0 saturated carbocycles. The van der Waals surface area contributed by atoms with E-state index in [-0.39, 0.29) is 0 Å². The first-order valence-electron chi connectivity index (χ1n) is 8.48. The van der Waals surface area contributed by atoms with Gasteiger partial charge in [-0.3, -0.25) is 9.80 Å². The quantitative estimate of drug-likeness (QED) is 0.816. The van der Waals surface area contributed by atoms with Gasteiger partial charge in [-0.2, -0.15) is 0 Å². The number of rotatable bonds is 2. The lowest BCUT2D eigenvalue weighted by molar-refractivity contribution is 0.0459. The van der Waals surface area contributed by atoms with Crippen LogP contribution in [0.2, 0.25) is 0 Å². The van der Waals surface area contributed by atoms with E-state index in [0.29, 0.717) is 11.0 Å². The zero-order chi connectivity index (χ0) is 14.9. The van der Waals surface area contributed by atoms with Gasteiger partial charge < -0.3 is 0 Å². The third-order valence-corrected chi connectivity index (χ3v) is 5.54. The lowest BCUT2D eigenvalue weighted by Gasteiger charge is -2.45. The van der Waals surface area contributed by atoms with Crippen molar-refractivity contribution in [2.75, 3.05) is 26.2 Å². The normalized spacial score (nSPS) is 23.8. The Hall–Kier alpha value is -0.860. The van der Waals surface area contributed by atoms with Gasteiger partial charge in [0.05, 0.1) is 0 Å². The van der Waals surface area contributed by atoms with E-state index in [1.165, 1.54) is 51.0 Å². The summed E-state index contributed by atoms with van der Waals surface area (Å²) in [5, 5.41) is 0. The Bertz CT molecular complexity index is 452. The first kappa shape index (κ1) is 15.1. The zero-order valence-corrected chi connectivity index (χ0v) is 13.9. The molecule has 0 unspecified atom stereocenters. The summed E-state index contributed by atoms with van der Waals surface area (Å²) in [4.78, 5) is 5.33. The highest BCUT2D eigenvalue weighted by atomic mass is 15.2. The molecule has 2 heteroatoms. The van der Waals surface area contributed by atoms with Crippen LogP contribution >= 0.6 is 0 Å².